The summed E-state index contributed by atoms with van der Waals surface area (Å²) in [6, 6.07) is 7.01. The quantitative estimate of drug-likeness (QED) is 0.374. The third-order valence-corrected chi connectivity index (χ3v) is 8.59. The number of carbonyl (C=O) groups excluding carboxylic acids is 1. The smallest absolute Gasteiger partial charge is 0.427 e. The van der Waals surface area contributed by atoms with E-state index in [-0.39, 0.29) is 10.8 Å². The van der Waals surface area contributed by atoms with Crippen LogP contribution in [0.3, 0.4) is 0 Å². The number of fused-ring (bicyclic) bond motifs is 3. The van der Waals surface area contributed by atoms with Crippen LogP contribution in [0.2, 0.25) is 0 Å². The first-order valence-electron chi connectivity index (χ1n) is 12.1. The summed E-state index contributed by atoms with van der Waals surface area (Å²) in [4.78, 5) is 19.3. The summed E-state index contributed by atoms with van der Waals surface area (Å²) in [7, 11) is 0. The van der Waals surface area contributed by atoms with Crippen molar-refractivity contribution < 1.29 is 27.2 Å². The number of rotatable bonds is 6. The van der Waals surface area contributed by atoms with Gasteiger partial charge < -0.3 is 9.26 Å². The number of anilines is 1. The molecule has 35 heavy (non-hydrogen) atoms. The Morgan fingerprint density at radius 3 is 2.40 bits per heavy atom. The zero-order chi connectivity index (χ0) is 25.1. The molecule has 0 radical (unpaired) electrons. The summed E-state index contributed by atoms with van der Waals surface area (Å²) < 4.78 is 51.9. The molecule has 4 aliphatic carbocycles. The van der Waals surface area contributed by atoms with Gasteiger partial charge in [-0.1, -0.05) is 27.2 Å². The van der Waals surface area contributed by atoms with Gasteiger partial charge in [-0.15, -0.1) is 0 Å². The summed E-state index contributed by atoms with van der Waals surface area (Å²) in [5, 5.41) is 4.20. The number of alkyl halides is 3. The van der Waals surface area contributed by atoms with Crippen LogP contribution in [0.15, 0.2) is 33.3 Å². The average Bonchev–Trinajstić information content (AvgIpc) is 3.53. The van der Waals surface area contributed by atoms with Gasteiger partial charge in [-0.3, -0.25) is 4.90 Å². The number of hydrogen-bond acceptors (Lipinski definition) is 5. The van der Waals surface area contributed by atoms with E-state index < -0.39 is 17.9 Å². The Labute approximate surface area is 210 Å². The Morgan fingerprint density at radius 2 is 1.83 bits per heavy atom. The third-order valence-electron chi connectivity index (χ3n) is 8.10. The van der Waals surface area contributed by atoms with Crippen molar-refractivity contribution in [2.75, 3.05) is 11.4 Å². The zero-order valence-corrected chi connectivity index (χ0v) is 21.4. The number of benzene rings is 1. The minimum Gasteiger partial charge on any atom is -0.433 e. The van der Waals surface area contributed by atoms with E-state index in [0.29, 0.717) is 18.2 Å². The molecular formula is C25H29BrF3N3O3. The molecule has 1 aromatic carbocycles. The molecule has 6 rings (SSSR count). The van der Waals surface area contributed by atoms with Gasteiger partial charge in [0.2, 0.25) is 11.5 Å². The molecule has 0 aliphatic heterocycles. The van der Waals surface area contributed by atoms with Crippen LogP contribution in [0.25, 0.3) is 0 Å². The van der Waals surface area contributed by atoms with Crippen LogP contribution in [-0.4, -0.2) is 34.6 Å². The number of hydrogen-bond donors (Lipinski definition) is 0. The fraction of sp³-hybridized carbons (Fsp3) is 0.640. The predicted molar refractivity (Wildman–Crippen MR) is 126 cm³/mol. The number of halogens is 4. The van der Waals surface area contributed by atoms with Gasteiger partial charge >= 0.3 is 12.3 Å². The maximum absolute atomic E-state index is 13.5. The van der Waals surface area contributed by atoms with Gasteiger partial charge in [0, 0.05) is 28.0 Å². The van der Waals surface area contributed by atoms with E-state index in [9.17, 15) is 18.0 Å². The average molecular weight is 556 g/mol. The Balaban J connectivity index is 1.35. The minimum absolute atomic E-state index is 0.138. The number of carbonyl (C=O) groups is 1. The fourth-order valence-corrected chi connectivity index (χ4v) is 5.74. The molecule has 4 saturated carbocycles. The molecule has 4 fully saturated rings. The molecule has 2 aromatic rings. The van der Waals surface area contributed by atoms with Gasteiger partial charge in [-0.2, -0.15) is 18.2 Å². The second-order valence-corrected chi connectivity index (χ2v) is 11.9. The van der Waals surface area contributed by atoms with Crippen molar-refractivity contribution in [3.63, 3.8) is 0 Å². The molecule has 0 N–H and O–H groups in total. The lowest BCUT2D eigenvalue weighted by molar-refractivity contribution is -0.243. The Hall–Kier alpha value is -2.10. The summed E-state index contributed by atoms with van der Waals surface area (Å²) in [5.74, 6) is 1.97. The zero-order valence-electron chi connectivity index (χ0n) is 19.8. The van der Waals surface area contributed by atoms with E-state index >= 15 is 0 Å². The number of nitrogens with zero attached hydrogens (tertiary/aromatic N) is 3. The third kappa shape index (κ3) is 4.70. The van der Waals surface area contributed by atoms with Gasteiger partial charge in [-0.25, -0.2) is 4.79 Å². The van der Waals surface area contributed by atoms with Crippen LogP contribution in [0.1, 0.15) is 82.8 Å². The Kier molecular flexibility index (Phi) is 5.96. The standard InChI is InChI=1S/C25H29BrF3N3O3/c1-22(2,25(27,28)29)34-21(33)32(18-5-3-4-17(26)14-18)15-23-8-11-24(12-9-23,13-10-23)20-30-19(31-35-20)16-6-7-16/h3-5,14,16H,6-13,15H2,1-2H3. The summed E-state index contributed by atoms with van der Waals surface area (Å²) in [6.07, 6.45) is 1.61. The van der Waals surface area contributed by atoms with Crippen molar-refractivity contribution in [2.24, 2.45) is 5.41 Å². The molecule has 0 spiro atoms. The first kappa shape index (κ1) is 24.6. The van der Waals surface area contributed by atoms with Crippen LogP contribution < -0.4 is 4.90 Å². The molecule has 0 saturated heterocycles. The molecule has 190 valence electrons. The highest BCUT2D eigenvalue weighted by Crippen LogP contribution is 2.58. The largest absolute Gasteiger partial charge is 0.433 e. The van der Waals surface area contributed by atoms with E-state index in [1.807, 2.05) is 0 Å². The molecule has 2 bridgehead atoms. The first-order chi connectivity index (χ1) is 16.4. The van der Waals surface area contributed by atoms with Crippen molar-refractivity contribution in [3.05, 3.63) is 40.5 Å². The monoisotopic (exact) mass is 555 g/mol. The van der Waals surface area contributed by atoms with Crippen LogP contribution in [-0.2, 0) is 10.2 Å². The second-order valence-electron chi connectivity index (χ2n) is 11.0. The van der Waals surface area contributed by atoms with E-state index in [0.717, 1.165) is 81.4 Å². The molecule has 0 atom stereocenters. The van der Waals surface area contributed by atoms with Crippen LogP contribution >= 0.6 is 15.9 Å². The molecule has 4 aliphatic rings. The van der Waals surface area contributed by atoms with Crippen molar-refractivity contribution in [3.8, 4) is 0 Å². The van der Waals surface area contributed by atoms with E-state index in [2.05, 4.69) is 21.1 Å². The van der Waals surface area contributed by atoms with Gasteiger partial charge in [0.15, 0.2) is 5.82 Å². The fourth-order valence-electron chi connectivity index (χ4n) is 5.35. The van der Waals surface area contributed by atoms with E-state index in [1.54, 1.807) is 24.3 Å². The molecule has 1 amide bonds. The lowest BCUT2D eigenvalue weighted by atomic mass is 9.53. The highest BCUT2D eigenvalue weighted by atomic mass is 79.9. The lowest BCUT2D eigenvalue weighted by Gasteiger charge is -2.53. The minimum atomic E-state index is -4.68. The number of aromatic nitrogens is 2. The van der Waals surface area contributed by atoms with E-state index in [4.69, 9.17) is 14.2 Å². The van der Waals surface area contributed by atoms with Crippen LogP contribution in [0.4, 0.5) is 23.7 Å². The van der Waals surface area contributed by atoms with Gasteiger partial charge in [0.25, 0.3) is 0 Å². The topological polar surface area (TPSA) is 68.5 Å². The summed E-state index contributed by atoms with van der Waals surface area (Å²) in [5.41, 5.74) is -2.44. The van der Waals surface area contributed by atoms with Crippen molar-refractivity contribution in [1.29, 1.82) is 0 Å². The summed E-state index contributed by atoms with van der Waals surface area (Å²) in [6.45, 7) is 2.04. The van der Waals surface area contributed by atoms with Crippen molar-refractivity contribution >= 4 is 27.7 Å². The van der Waals surface area contributed by atoms with E-state index in [1.165, 1.54) is 4.90 Å². The Bertz CT molecular complexity index is 1090. The first-order valence-corrected chi connectivity index (χ1v) is 12.9. The number of ether oxygens (including phenoxy) is 1. The maximum Gasteiger partial charge on any atom is 0.427 e. The number of amides is 1. The van der Waals surface area contributed by atoms with Crippen LogP contribution in [0.5, 0.6) is 0 Å². The normalized spacial score (nSPS) is 26.6. The van der Waals surface area contributed by atoms with Crippen molar-refractivity contribution in [1.82, 2.24) is 10.1 Å². The molecule has 6 nitrogen and oxygen atoms in total. The lowest BCUT2D eigenvalue weighted by Crippen LogP contribution is -2.53. The molecule has 0 unspecified atom stereocenters. The van der Waals surface area contributed by atoms with Crippen molar-refractivity contribution in [2.45, 2.75) is 88.3 Å². The van der Waals surface area contributed by atoms with Gasteiger partial charge in [-0.05, 0) is 88.8 Å². The molecule has 1 heterocycles. The summed E-state index contributed by atoms with van der Waals surface area (Å²) >= 11 is 3.40. The molecule has 10 heteroatoms. The van der Waals surface area contributed by atoms with Gasteiger partial charge in [0.1, 0.15) is 0 Å². The highest BCUT2D eigenvalue weighted by molar-refractivity contribution is 9.10. The maximum atomic E-state index is 13.5. The van der Waals surface area contributed by atoms with Gasteiger partial charge in [0.05, 0.1) is 0 Å². The second kappa shape index (κ2) is 8.49. The molecular weight excluding hydrogens is 527 g/mol. The predicted octanol–water partition coefficient (Wildman–Crippen LogP) is 7.29. The van der Waals surface area contributed by atoms with Crippen LogP contribution in [0, 0.1) is 5.41 Å². The molecule has 1 aromatic heterocycles. The highest BCUT2D eigenvalue weighted by Gasteiger charge is 2.55. The SMILES string of the molecule is CC(C)(OC(=O)N(CC12CCC(c3nc(C4CC4)no3)(CC1)CC2)c1cccc(Br)c1)C(F)(F)F. The Morgan fingerprint density at radius 1 is 1.17 bits per heavy atom.